The number of likely N-dealkylation sites (tertiary alicyclic amines) is 1. The van der Waals surface area contributed by atoms with Crippen LogP contribution >= 0.6 is 22.6 Å². The van der Waals surface area contributed by atoms with Crippen molar-refractivity contribution >= 4 is 28.5 Å². The second kappa shape index (κ2) is 5.97. The van der Waals surface area contributed by atoms with Gasteiger partial charge in [-0.3, -0.25) is 4.79 Å². The molecule has 0 spiro atoms. The van der Waals surface area contributed by atoms with E-state index in [2.05, 4.69) is 0 Å². The Morgan fingerprint density at radius 1 is 1.44 bits per heavy atom. The molecule has 3 nitrogen and oxygen atoms in total. The molecule has 98 valence electrons. The molecule has 1 aliphatic heterocycles. The Balaban J connectivity index is 2.13. The Kier molecular flexibility index (Phi) is 4.55. The summed E-state index contributed by atoms with van der Waals surface area (Å²) in [5.41, 5.74) is 5.82. The van der Waals surface area contributed by atoms with Crippen LogP contribution in [0.25, 0.3) is 0 Å². The number of halogens is 2. The first-order valence-corrected chi connectivity index (χ1v) is 7.14. The number of nitrogens with two attached hydrogens (primary N) is 1. The van der Waals surface area contributed by atoms with Gasteiger partial charge in [-0.25, -0.2) is 4.39 Å². The van der Waals surface area contributed by atoms with E-state index in [-0.39, 0.29) is 11.5 Å². The molecule has 0 aromatic heterocycles. The normalized spacial score (nSPS) is 16.9. The van der Waals surface area contributed by atoms with Crippen LogP contribution in [0.5, 0.6) is 0 Å². The van der Waals surface area contributed by atoms with E-state index in [0.717, 1.165) is 12.8 Å². The largest absolute Gasteiger partial charge is 0.339 e. The molecule has 0 saturated carbocycles. The number of piperidine rings is 1. The molecule has 0 radical (unpaired) electrons. The van der Waals surface area contributed by atoms with Crippen LogP contribution < -0.4 is 5.73 Å². The van der Waals surface area contributed by atoms with Crippen LogP contribution in [0.1, 0.15) is 23.2 Å². The summed E-state index contributed by atoms with van der Waals surface area (Å²) >= 11 is 2.00. The quantitative estimate of drug-likeness (QED) is 0.821. The van der Waals surface area contributed by atoms with Gasteiger partial charge < -0.3 is 10.6 Å². The number of carbonyl (C=O) groups excluding carboxylic acids is 1. The lowest BCUT2D eigenvalue weighted by atomic mass is 9.96. The predicted molar refractivity (Wildman–Crippen MR) is 76.8 cm³/mol. The molecule has 0 unspecified atom stereocenters. The van der Waals surface area contributed by atoms with Gasteiger partial charge in [-0.1, -0.05) is 6.07 Å². The first-order valence-electron chi connectivity index (χ1n) is 6.07. The smallest absolute Gasteiger partial charge is 0.257 e. The third kappa shape index (κ3) is 2.83. The number of nitrogens with zero attached hydrogens (tertiary/aromatic N) is 1. The summed E-state index contributed by atoms with van der Waals surface area (Å²) < 4.78 is 14.4. The molecule has 2 N–H and O–H groups in total. The molecule has 1 aromatic rings. The molecular formula is C13H16FIN2O. The van der Waals surface area contributed by atoms with Crippen LogP contribution in [0.2, 0.25) is 0 Å². The number of amides is 1. The highest BCUT2D eigenvalue weighted by Crippen LogP contribution is 2.22. The fraction of sp³-hybridized carbons (Fsp3) is 0.462. The third-order valence-electron chi connectivity index (χ3n) is 3.41. The van der Waals surface area contributed by atoms with Gasteiger partial charge in [0, 0.05) is 16.7 Å². The van der Waals surface area contributed by atoms with Crippen LogP contribution in [-0.4, -0.2) is 30.4 Å². The standard InChI is InChI=1S/C13H16FIN2O/c14-10-2-1-3-11(15)12(10)13(18)17-6-4-9(8-16)5-7-17/h1-3,9H,4-8,16H2. The highest BCUT2D eigenvalue weighted by Gasteiger charge is 2.25. The van der Waals surface area contributed by atoms with E-state index in [4.69, 9.17) is 5.73 Å². The first kappa shape index (κ1) is 13.7. The van der Waals surface area contributed by atoms with Crippen molar-refractivity contribution in [2.45, 2.75) is 12.8 Å². The van der Waals surface area contributed by atoms with Gasteiger partial charge in [0.25, 0.3) is 5.91 Å². The van der Waals surface area contributed by atoms with E-state index in [1.54, 1.807) is 17.0 Å². The average molecular weight is 362 g/mol. The van der Waals surface area contributed by atoms with Crippen LogP contribution in [-0.2, 0) is 0 Å². The molecule has 18 heavy (non-hydrogen) atoms. The predicted octanol–water partition coefficient (Wildman–Crippen LogP) is 2.24. The minimum absolute atomic E-state index is 0.198. The summed E-state index contributed by atoms with van der Waals surface area (Å²) in [5.74, 6) is -0.144. The highest BCUT2D eigenvalue weighted by molar-refractivity contribution is 14.1. The first-order chi connectivity index (χ1) is 8.63. The second-order valence-corrected chi connectivity index (χ2v) is 5.73. The van der Waals surface area contributed by atoms with Crippen molar-refractivity contribution in [1.82, 2.24) is 4.90 Å². The molecule has 1 heterocycles. The summed E-state index contributed by atoms with van der Waals surface area (Å²) in [6.45, 7) is 2.01. The Morgan fingerprint density at radius 2 is 2.11 bits per heavy atom. The lowest BCUT2D eigenvalue weighted by Crippen LogP contribution is -2.40. The molecule has 0 aliphatic carbocycles. The topological polar surface area (TPSA) is 46.3 Å². The zero-order chi connectivity index (χ0) is 13.1. The zero-order valence-electron chi connectivity index (χ0n) is 10.0. The molecule has 1 saturated heterocycles. The van der Waals surface area contributed by atoms with E-state index < -0.39 is 5.82 Å². The lowest BCUT2D eigenvalue weighted by Gasteiger charge is -2.31. The van der Waals surface area contributed by atoms with E-state index >= 15 is 0 Å². The van der Waals surface area contributed by atoms with E-state index in [1.165, 1.54) is 6.07 Å². The molecule has 5 heteroatoms. The minimum atomic E-state index is -0.437. The Bertz CT molecular complexity index is 424. The summed E-state index contributed by atoms with van der Waals surface area (Å²) in [4.78, 5) is 14.0. The Labute approximate surface area is 120 Å². The minimum Gasteiger partial charge on any atom is -0.339 e. The number of hydrogen-bond acceptors (Lipinski definition) is 2. The van der Waals surface area contributed by atoms with Crippen molar-refractivity contribution < 1.29 is 9.18 Å². The van der Waals surface area contributed by atoms with Crippen molar-refractivity contribution in [2.75, 3.05) is 19.6 Å². The van der Waals surface area contributed by atoms with E-state index in [9.17, 15) is 9.18 Å². The number of hydrogen-bond donors (Lipinski definition) is 1. The monoisotopic (exact) mass is 362 g/mol. The number of benzene rings is 1. The Morgan fingerprint density at radius 3 is 2.67 bits per heavy atom. The lowest BCUT2D eigenvalue weighted by molar-refractivity contribution is 0.0687. The van der Waals surface area contributed by atoms with Gasteiger partial charge in [-0.05, 0) is 60.0 Å². The van der Waals surface area contributed by atoms with Crippen molar-refractivity contribution in [3.8, 4) is 0 Å². The van der Waals surface area contributed by atoms with Crippen LogP contribution in [0.4, 0.5) is 4.39 Å². The molecule has 2 rings (SSSR count). The molecule has 0 atom stereocenters. The highest BCUT2D eigenvalue weighted by atomic mass is 127. The SMILES string of the molecule is NCC1CCN(C(=O)c2c(F)cccc2I)CC1. The van der Waals surface area contributed by atoms with Gasteiger partial charge in [0.2, 0.25) is 0 Å². The maximum atomic E-state index is 13.7. The molecule has 1 aromatic carbocycles. The Hall–Kier alpha value is -0.690. The summed E-state index contributed by atoms with van der Waals surface area (Å²) in [5, 5.41) is 0. The fourth-order valence-corrected chi connectivity index (χ4v) is 2.93. The van der Waals surface area contributed by atoms with Gasteiger partial charge >= 0.3 is 0 Å². The number of rotatable bonds is 2. The van der Waals surface area contributed by atoms with Crippen molar-refractivity contribution in [2.24, 2.45) is 11.7 Å². The van der Waals surface area contributed by atoms with E-state index in [1.807, 2.05) is 22.6 Å². The van der Waals surface area contributed by atoms with Gasteiger partial charge in [0.05, 0.1) is 5.56 Å². The molecular weight excluding hydrogens is 346 g/mol. The van der Waals surface area contributed by atoms with Crippen molar-refractivity contribution in [1.29, 1.82) is 0 Å². The molecule has 1 fully saturated rings. The van der Waals surface area contributed by atoms with Crippen molar-refractivity contribution in [3.05, 3.63) is 33.1 Å². The zero-order valence-corrected chi connectivity index (χ0v) is 12.2. The van der Waals surface area contributed by atoms with Crippen LogP contribution in [0.15, 0.2) is 18.2 Å². The molecule has 1 aliphatic rings. The van der Waals surface area contributed by atoms with Gasteiger partial charge in [-0.15, -0.1) is 0 Å². The maximum Gasteiger partial charge on any atom is 0.257 e. The fourth-order valence-electron chi connectivity index (χ4n) is 2.23. The third-order valence-corrected chi connectivity index (χ3v) is 4.31. The number of carbonyl (C=O) groups is 1. The molecule has 1 amide bonds. The second-order valence-electron chi connectivity index (χ2n) is 4.57. The average Bonchev–Trinajstić information content (AvgIpc) is 2.38. The summed E-state index contributed by atoms with van der Waals surface area (Å²) in [7, 11) is 0. The maximum absolute atomic E-state index is 13.7. The molecule has 0 bridgehead atoms. The summed E-state index contributed by atoms with van der Waals surface area (Å²) in [6, 6.07) is 4.71. The van der Waals surface area contributed by atoms with E-state index in [0.29, 0.717) is 29.1 Å². The van der Waals surface area contributed by atoms with Gasteiger partial charge in [-0.2, -0.15) is 0 Å². The van der Waals surface area contributed by atoms with Gasteiger partial charge in [0.1, 0.15) is 5.82 Å². The van der Waals surface area contributed by atoms with Gasteiger partial charge in [0.15, 0.2) is 0 Å². The van der Waals surface area contributed by atoms with Crippen molar-refractivity contribution in [3.63, 3.8) is 0 Å². The van der Waals surface area contributed by atoms with Crippen LogP contribution in [0, 0.1) is 15.3 Å². The summed E-state index contributed by atoms with van der Waals surface area (Å²) in [6.07, 6.45) is 1.82. The van der Waals surface area contributed by atoms with Crippen LogP contribution in [0.3, 0.4) is 0 Å².